The summed E-state index contributed by atoms with van der Waals surface area (Å²) in [6.45, 7) is 11.2. The Bertz CT molecular complexity index is 538. The van der Waals surface area contributed by atoms with E-state index in [1.54, 1.807) is 6.07 Å². The molecule has 0 aliphatic heterocycles. The quantitative estimate of drug-likeness (QED) is 0.812. The van der Waals surface area contributed by atoms with Gasteiger partial charge in [-0.25, -0.2) is 4.79 Å². The Kier molecular flexibility index (Phi) is 4.50. The zero-order valence-corrected chi connectivity index (χ0v) is 15.0. The van der Waals surface area contributed by atoms with E-state index in [4.69, 9.17) is 4.74 Å². The highest BCUT2D eigenvalue weighted by Gasteiger charge is 2.63. The zero-order chi connectivity index (χ0) is 15.8. The molecular formula is C17H24BrNO2. The Morgan fingerprint density at radius 1 is 1.29 bits per heavy atom. The standard InChI is InChI=1S/C17H24BrNO2/c1-16(2)14(17(16,3)4)10-19-9-12-7-6-11(8-13(12)18)15(20)21-5/h6-8,14,19H,9-10H2,1-5H3. The van der Waals surface area contributed by atoms with Crippen molar-refractivity contribution in [2.24, 2.45) is 16.7 Å². The second-order valence-electron chi connectivity index (χ2n) is 6.92. The molecule has 0 radical (unpaired) electrons. The molecule has 0 spiro atoms. The number of rotatable bonds is 5. The van der Waals surface area contributed by atoms with Crippen molar-refractivity contribution in [3.05, 3.63) is 33.8 Å². The second-order valence-corrected chi connectivity index (χ2v) is 7.78. The number of benzene rings is 1. The highest BCUT2D eigenvalue weighted by atomic mass is 79.9. The van der Waals surface area contributed by atoms with Crippen molar-refractivity contribution in [2.45, 2.75) is 34.2 Å². The first-order chi connectivity index (χ1) is 9.71. The normalized spacial score (nSPS) is 19.3. The van der Waals surface area contributed by atoms with Crippen LogP contribution in [-0.2, 0) is 11.3 Å². The van der Waals surface area contributed by atoms with Crippen molar-refractivity contribution in [1.82, 2.24) is 5.32 Å². The first kappa shape index (κ1) is 16.5. The molecule has 2 rings (SSSR count). The van der Waals surface area contributed by atoms with E-state index < -0.39 is 0 Å². The molecule has 0 atom stereocenters. The number of hydrogen-bond acceptors (Lipinski definition) is 3. The molecule has 3 nitrogen and oxygen atoms in total. The molecule has 0 heterocycles. The van der Waals surface area contributed by atoms with E-state index in [1.165, 1.54) is 7.11 Å². The van der Waals surface area contributed by atoms with Crippen LogP contribution in [0.15, 0.2) is 22.7 Å². The number of carbonyl (C=O) groups excluding carboxylic acids is 1. The molecule has 1 saturated carbocycles. The minimum Gasteiger partial charge on any atom is -0.465 e. The zero-order valence-electron chi connectivity index (χ0n) is 13.4. The number of methoxy groups -OCH3 is 1. The summed E-state index contributed by atoms with van der Waals surface area (Å²) < 4.78 is 5.66. The Balaban J connectivity index is 1.92. The molecule has 1 N–H and O–H groups in total. The van der Waals surface area contributed by atoms with E-state index in [0.717, 1.165) is 23.1 Å². The fourth-order valence-electron chi connectivity index (χ4n) is 3.13. The Morgan fingerprint density at radius 3 is 2.38 bits per heavy atom. The van der Waals surface area contributed by atoms with Gasteiger partial charge < -0.3 is 10.1 Å². The van der Waals surface area contributed by atoms with Gasteiger partial charge in [0.15, 0.2) is 0 Å². The largest absolute Gasteiger partial charge is 0.465 e. The number of nitrogens with one attached hydrogen (secondary N) is 1. The maximum absolute atomic E-state index is 11.5. The molecule has 0 saturated heterocycles. The molecule has 0 unspecified atom stereocenters. The van der Waals surface area contributed by atoms with Gasteiger partial charge in [-0.2, -0.15) is 0 Å². The summed E-state index contributed by atoms with van der Waals surface area (Å²) in [5, 5.41) is 3.53. The molecule has 21 heavy (non-hydrogen) atoms. The molecule has 0 amide bonds. The average molecular weight is 354 g/mol. The summed E-state index contributed by atoms with van der Waals surface area (Å²) in [4.78, 5) is 11.5. The summed E-state index contributed by atoms with van der Waals surface area (Å²) in [7, 11) is 1.39. The minimum atomic E-state index is -0.309. The number of halogens is 1. The number of hydrogen-bond donors (Lipinski definition) is 1. The lowest BCUT2D eigenvalue weighted by Gasteiger charge is -2.09. The lowest BCUT2D eigenvalue weighted by atomic mass is 10.0. The monoisotopic (exact) mass is 353 g/mol. The van der Waals surface area contributed by atoms with E-state index in [1.807, 2.05) is 12.1 Å². The molecule has 1 fully saturated rings. The third-order valence-corrected chi connectivity index (χ3v) is 6.20. The molecule has 1 aliphatic rings. The van der Waals surface area contributed by atoms with E-state index in [2.05, 4.69) is 48.9 Å². The van der Waals surface area contributed by atoms with Gasteiger partial charge in [-0.15, -0.1) is 0 Å². The van der Waals surface area contributed by atoms with Gasteiger partial charge in [0.1, 0.15) is 0 Å². The van der Waals surface area contributed by atoms with Crippen LogP contribution in [0.3, 0.4) is 0 Å². The smallest absolute Gasteiger partial charge is 0.337 e. The fourth-order valence-corrected chi connectivity index (χ4v) is 3.65. The summed E-state index contributed by atoms with van der Waals surface area (Å²) >= 11 is 3.52. The van der Waals surface area contributed by atoms with E-state index in [9.17, 15) is 4.79 Å². The SMILES string of the molecule is COC(=O)c1ccc(CNCC2C(C)(C)C2(C)C)c(Br)c1. The highest BCUT2D eigenvalue weighted by Crippen LogP contribution is 2.67. The molecular weight excluding hydrogens is 330 g/mol. The van der Waals surface area contributed by atoms with Gasteiger partial charge in [-0.1, -0.05) is 49.7 Å². The fraction of sp³-hybridized carbons (Fsp3) is 0.588. The Hall–Kier alpha value is -0.870. The number of carbonyl (C=O) groups is 1. The van der Waals surface area contributed by atoms with Crippen LogP contribution in [0.25, 0.3) is 0 Å². The number of esters is 1. The van der Waals surface area contributed by atoms with Crippen LogP contribution in [0.4, 0.5) is 0 Å². The lowest BCUT2D eigenvalue weighted by molar-refractivity contribution is 0.0600. The Labute approximate surface area is 135 Å². The highest BCUT2D eigenvalue weighted by molar-refractivity contribution is 9.10. The topological polar surface area (TPSA) is 38.3 Å². The first-order valence-corrected chi connectivity index (χ1v) is 8.08. The molecule has 1 aromatic rings. The average Bonchev–Trinajstić information content (AvgIpc) is 2.81. The van der Waals surface area contributed by atoms with Gasteiger partial charge in [-0.3, -0.25) is 0 Å². The van der Waals surface area contributed by atoms with Crippen molar-refractivity contribution in [1.29, 1.82) is 0 Å². The Morgan fingerprint density at radius 2 is 1.90 bits per heavy atom. The van der Waals surface area contributed by atoms with Crippen molar-refractivity contribution in [3.8, 4) is 0 Å². The first-order valence-electron chi connectivity index (χ1n) is 7.29. The van der Waals surface area contributed by atoms with Gasteiger partial charge in [0.2, 0.25) is 0 Å². The minimum absolute atomic E-state index is 0.309. The summed E-state index contributed by atoms with van der Waals surface area (Å²) in [6, 6.07) is 5.58. The van der Waals surface area contributed by atoms with Crippen LogP contribution >= 0.6 is 15.9 Å². The van der Waals surface area contributed by atoms with Crippen molar-refractivity contribution < 1.29 is 9.53 Å². The number of ether oxygens (including phenoxy) is 1. The molecule has 1 aromatic carbocycles. The summed E-state index contributed by atoms with van der Waals surface area (Å²) in [5.41, 5.74) is 2.54. The van der Waals surface area contributed by atoms with Crippen LogP contribution < -0.4 is 5.32 Å². The van der Waals surface area contributed by atoms with Gasteiger partial charge in [0, 0.05) is 11.0 Å². The third kappa shape index (κ3) is 3.02. The van der Waals surface area contributed by atoms with Crippen LogP contribution in [0.1, 0.15) is 43.6 Å². The van der Waals surface area contributed by atoms with Crippen LogP contribution in [0.2, 0.25) is 0 Å². The van der Waals surface area contributed by atoms with Crippen LogP contribution in [0, 0.1) is 16.7 Å². The van der Waals surface area contributed by atoms with Crippen molar-refractivity contribution >= 4 is 21.9 Å². The van der Waals surface area contributed by atoms with Gasteiger partial charge >= 0.3 is 5.97 Å². The predicted octanol–water partition coefficient (Wildman–Crippen LogP) is 4.01. The van der Waals surface area contributed by atoms with E-state index >= 15 is 0 Å². The summed E-state index contributed by atoms with van der Waals surface area (Å²) in [5.74, 6) is 0.398. The molecule has 116 valence electrons. The second kappa shape index (κ2) is 5.73. The van der Waals surface area contributed by atoms with Crippen LogP contribution in [0.5, 0.6) is 0 Å². The van der Waals surface area contributed by atoms with Crippen LogP contribution in [-0.4, -0.2) is 19.6 Å². The summed E-state index contributed by atoms with van der Waals surface area (Å²) in [6.07, 6.45) is 0. The molecule has 1 aliphatic carbocycles. The van der Waals surface area contributed by atoms with Gasteiger partial charge in [0.25, 0.3) is 0 Å². The third-order valence-electron chi connectivity index (χ3n) is 5.46. The van der Waals surface area contributed by atoms with Gasteiger partial charge in [-0.05, 0) is 41.0 Å². The van der Waals surface area contributed by atoms with Crippen molar-refractivity contribution in [3.63, 3.8) is 0 Å². The maximum Gasteiger partial charge on any atom is 0.337 e. The molecule has 4 heteroatoms. The lowest BCUT2D eigenvalue weighted by Crippen LogP contribution is -2.19. The van der Waals surface area contributed by atoms with E-state index in [-0.39, 0.29) is 5.97 Å². The molecule has 0 aromatic heterocycles. The van der Waals surface area contributed by atoms with Crippen molar-refractivity contribution in [2.75, 3.05) is 13.7 Å². The molecule has 0 bridgehead atoms. The van der Waals surface area contributed by atoms with E-state index in [0.29, 0.717) is 22.3 Å². The predicted molar refractivity (Wildman–Crippen MR) is 88.2 cm³/mol. The van der Waals surface area contributed by atoms with Gasteiger partial charge in [0.05, 0.1) is 12.7 Å². The maximum atomic E-state index is 11.5.